The number of unbranched alkanes of at least 4 members (excludes halogenated alkanes) is 10. The van der Waals surface area contributed by atoms with E-state index in [0.29, 0.717) is 11.0 Å². The van der Waals surface area contributed by atoms with Crippen molar-refractivity contribution in [2.75, 3.05) is 27.7 Å². The second kappa shape index (κ2) is 15.7. The van der Waals surface area contributed by atoms with Gasteiger partial charge in [0, 0.05) is 18.5 Å². The highest BCUT2D eigenvalue weighted by atomic mass is 16.5. The van der Waals surface area contributed by atoms with Gasteiger partial charge in [-0.1, -0.05) is 70.8 Å². The Balaban J connectivity index is 3.82. The van der Waals surface area contributed by atoms with Gasteiger partial charge in [-0.25, -0.2) is 4.79 Å². The third kappa shape index (κ3) is 19.2. The van der Waals surface area contributed by atoms with Gasteiger partial charge in [0.2, 0.25) is 0 Å². The molecule has 0 saturated heterocycles. The molecule has 0 radical (unpaired) electrons. The van der Waals surface area contributed by atoms with Crippen LogP contribution in [0, 0.1) is 0 Å². The maximum absolute atomic E-state index is 11.9. The number of carboxylic acids is 1. The lowest BCUT2D eigenvalue weighted by atomic mass is 10.1. The van der Waals surface area contributed by atoms with Gasteiger partial charge >= 0.3 is 5.97 Å². The number of carbonyl (C=O) groups excluding carboxylic acids is 2. The summed E-state index contributed by atoms with van der Waals surface area (Å²) >= 11 is 0. The molecule has 0 heterocycles. The smallest absolute Gasteiger partial charge is 0.330 e. The van der Waals surface area contributed by atoms with Gasteiger partial charge in [0.25, 0.3) is 0 Å². The fourth-order valence-electron chi connectivity index (χ4n) is 3.07. The van der Waals surface area contributed by atoms with Crippen LogP contribution in [0.15, 0.2) is 12.2 Å². The number of aliphatic carboxylic acids is 1. The van der Waals surface area contributed by atoms with E-state index in [9.17, 15) is 14.7 Å². The van der Waals surface area contributed by atoms with Crippen LogP contribution in [0.1, 0.15) is 84.0 Å². The van der Waals surface area contributed by atoms with Crippen molar-refractivity contribution < 1.29 is 23.9 Å². The maximum Gasteiger partial charge on any atom is 0.330 e. The van der Waals surface area contributed by atoms with Crippen LogP contribution in [0.3, 0.4) is 0 Å². The number of quaternary nitrogens is 1. The molecule has 0 N–H and O–H groups in total. The molecule has 27 heavy (non-hydrogen) atoms. The zero-order valence-electron chi connectivity index (χ0n) is 18.0. The zero-order chi connectivity index (χ0) is 20.5. The van der Waals surface area contributed by atoms with Crippen LogP contribution in [-0.4, -0.2) is 50.2 Å². The predicted molar refractivity (Wildman–Crippen MR) is 108 cm³/mol. The molecule has 0 spiro atoms. The summed E-state index contributed by atoms with van der Waals surface area (Å²) in [5.74, 6) is -1.67. The van der Waals surface area contributed by atoms with Crippen molar-refractivity contribution in [3.8, 4) is 0 Å². The Morgan fingerprint density at radius 3 is 1.93 bits per heavy atom. The molecular weight excluding hydrogens is 342 g/mol. The van der Waals surface area contributed by atoms with E-state index in [1.165, 1.54) is 63.9 Å². The van der Waals surface area contributed by atoms with Gasteiger partial charge in [-0.05, 0) is 12.8 Å². The van der Waals surface area contributed by atoms with E-state index in [2.05, 4.69) is 6.92 Å². The highest BCUT2D eigenvalue weighted by Gasteiger charge is 2.21. The van der Waals surface area contributed by atoms with E-state index in [1.54, 1.807) is 0 Å². The quantitative estimate of drug-likeness (QED) is 0.167. The minimum absolute atomic E-state index is 0.270. The highest BCUT2D eigenvalue weighted by Crippen LogP contribution is 2.11. The van der Waals surface area contributed by atoms with Crippen molar-refractivity contribution in [1.82, 2.24) is 0 Å². The second-order valence-electron chi connectivity index (χ2n) is 8.48. The Morgan fingerprint density at radius 1 is 0.926 bits per heavy atom. The monoisotopic (exact) mass is 383 g/mol. The summed E-state index contributed by atoms with van der Waals surface area (Å²) in [7, 11) is 5.78. The van der Waals surface area contributed by atoms with Gasteiger partial charge in [0.15, 0.2) is 6.10 Å². The standard InChI is InChI=1S/C22H41NO4/c1-5-6-7-8-9-10-11-12-13-14-15-16-17-22(26)27-20(18-21(24)25)19-23(2,3)4/h16-17,20H,5-15,18-19H2,1-4H3. The fraction of sp³-hybridized carbons (Fsp3) is 0.818. The van der Waals surface area contributed by atoms with E-state index in [4.69, 9.17) is 4.74 Å². The van der Waals surface area contributed by atoms with Crippen molar-refractivity contribution in [1.29, 1.82) is 0 Å². The Bertz CT molecular complexity index is 427. The van der Waals surface area contributed by atoms with Gasteiger partial charge in [0.1, 0.15) is 6.54 Å². The summed E-state index contributed by atoms with van der Waals surface area (Å²) in [5, 5.41) is 10.8. The first-order chi connectivity index (χ1) is 12.7. The molecule has 5 nitrogen and oxygen atoms in total. The molecule has 0 fully saturated rings. The molecule has 0 aromatic heterocycles. The normalized spacial score (nSPS) is 13.0. The van der Waals surface area contributed by atoms with E-state index < -0.39 is 18.0 Å². The number of ether oxygens (including phenoxy) is 1. The van der Waals surface area contributed by atoms with Crippen LogP contribution in [0.4, 0.5) is 0 Å². The number of nitrogens with zero attached hydrogens (tertiary/aromatic N) is 1. The van der Waals surface area contributed by atoms with Gasteiger partial charge in [-0.15, -0.1) is 0 Å². The van der Waals surface area contributed by atoms with Crippen LogP contribution < -0.4 is 5.11 Å². The molecule has 5 heteroatoms. The van der Waals surface area contributed by atoms with Crippen LogP contribution in [0.2, 0.25) is 0 Å². The Labute approximate surface area is 166 Å². The number of hydrogen-bond acceptors (Lipinski definition) is 4. The third-order valence-corrected chi connectivity index (χ3v) is 4.41. The molecule has 0 aromatic carbocycles. The van der Waals surface area contributed by atoms with Crippen molar-refractivity contribution in [2.24, 2.45) is 0 Å². The minimum Gasteiger partial charge on any atom is -0.550 e. The SMILES string of the molecule is CCCCCCCCCCCCC=CC(=O)OC(CC(=O)[O-])C[N+](C)(C)C. The van der Waals surface area contributed by atoms with E-state index in [1.807, 2.05) is 27.2 Å². The highest BCUT2D eigenvalue weighted by molar-refractivity contribution is 5.82. The lowest BCUT2D eigenvalue weighted by Crippen LogP contribution is -2.45. The first-order valence-corrected chi connectivity index (χ1v) is 10.6. The van der Waals surface area contributed by atoms with Gasteiger partial charge in [-0.3, -0.25) is 0 Å². The summed E-state index contributed by atoms with van der Waals surface area (Å²) in [5.41, 5.74) is 0. The first-order valence-electron chi connectivity index (χ1n) is 10.6. The molecular formula is C22H41NO4. The van der Waals surface area contributed by atoms with Crippen LogP contribution in [-0.2, 0) is 14.3 Å². The lowest BCUT2D eigenvalue weighted by Gasteiger charge is -2.29. The van der Waals surface area contributed by atoms with Crippen molar-refractivity contribution in [3.05, 3.63) is 12.2 Å². The fourth-order valence-corrected chi connectivity index (χ4v) is 3.07. The number of likely N-dealkylation sites (N-methyl/N-ethyl adjacent to an activating group) is 1. The number of rotatable bonds is 17. The van der Waals surface area contributed by atoms with E-state index in [0.717, 1.165) is 12.8 Å². The molecule has 0 aliphatic rings. The molecule has 1 unspecified atom stereocenters. The van der Waals surface area contributed by atoms with Crippen molar-refractivity contribution in [2.45, 2.75) is 90.1 Å². The van der Waals surface area contributed by atoms with E-state index in [-0.39, 0.29) is 6.42 Å². The number of allylic oxidation sites excluding steroid dienone is 1. The van der Waals surface area contributed by atoms with Gasteiger partial charge < -0.3 is 19.1 Å². The Hall–Kier alpha value is -1.36. The van der Waals surface area contributed by atoms with Crippen LogP contribution in [0.5, 0.6) is 0 Å². The molecule has 1 atom stereocenters. The summed E-state index contributed by atoms with van der Waals surface area (Å²) < 4.78 is 5.80. The predicted octanol–water partition coefficient (Wildman–Crippen LogP) is 3.61. The topological polar surface area (TPSA) is 66.4 Å². The summed E-state index contributed by atoms with van der Waals surface area (Å²) in [6.45, 7) is 2.68. The molecule has 0 saturated carbocycles. The molecule has 0 rings (SSSR count). The number of carbonyl (C=O) groups is 2. The molecule has 158 valence electrons. The second-order valence-corrected chi connectivity index (χ2v) is 8.48. The number of carboxylic acid groups (broad SMARTS) is 1. The van der Waals surface area contributed by atoms with Crippen LogP contribution in [0.25, 0.3) is 0 Å². The molecule has 0 aliphatic heterocycles. The average Bonchev–Trinajstić information content (AvgIpc) is 2.53. The first kappa shape index (κ1) is 25.6. The van der Waals surface area contributed by atoms with Crippen LogP contribution >= 0.6 is 0 Å². The lowest BCUT2D eigenvalue weighted by molar-refractivity contribution is -0.873. The molecule has 0 aromatic rings. The van der Waals surface area contributed by atoms with E-state index >= 15 is 0 Å². The summed E-state index contributed by atoms with van der Waals surface area (Å²) in [6, 6.07) is 0. The summed E-state index contributed by atoms with van der Waals surface area (Å²) in [4.78, 5) is 22.7. The minimum atomic E-state index is -1.20. The van der Waals surface area contributed by atoms with Gasteiger partial charge in [-0.2, -0.15) is 0 Å². The maximum atomic E-state index is 11.9. The van der Waals surface area contributed by atoms with Gasteiger partial charge in [0.05, 0.1) is 21.1 Å². The number of esters is 1. The average molecular weight is 384 g/mol. The third-order valence-electron chi connectivity index (χ3n) is 4.41. The van der Waals surface area contributed by atoms with Crippen molar-refractivity contribution >= 4 is 11.9 Å². The van der Waals surface area contributed by atoms with Crippen molar-refractivity contribution in [3.63, 3.8) is 0 Å². The largest absolute Gasteiger partial charge is 0.550 e. The molecule has 0 amide bonds. The molecule has 0 aliphatic carbocycles. The Kier molecular flexibility index (Phi) is 14.9. The molecule has 0 bridgehead atoms. The summed E-state index contributed by atoms with van der Waals surface area (Å²) in [6.07, 6.45) is 16.1. The Morgan fingerprint density at radius 2 is 1.44 bits per heavy atom. The number of hydrogen-bond donors (Lipinski definition) is 0. The zero-order valence-corrected chi connectivity index (χ0v) is 18.0.